The molecule has 3 heteroatoms. The van der Waals surface area contributed by atoms with E-state index in [0.717, 1.165) is 12.1 Å². The van der Waals surface area contributed by atoms with Crippen molar-refractivity contribution < 1.29 is 4.79 Å². The summed E-state index contributed by atoms with van der Waals surface area (Å²) in [6, 6.07) is 8.05. The number of hydrogen-bond donors (Lipinski definition) is 1. The molecule has 1 aliphatic rings. The van der Waals surface area contributed by atoms with E-state index >= 15 is 0 Å². The summed E-state index contributed by atoms with van der Waals surface area (Å²) in [5.74, 6) is 0.300. The molecule has 1 aromatic carbocycles. The van der Waals surface area contributed by atoms with Crippen LogP contribution in [-0.4, -0.2) is 11.2 Å². The summed E-state index contributed by atoms with van der Waals surface area (Å²) in [4.78, 5) is 12.8. The van der Waals surface area contributed by atoms with E-state index < -0.39 is 0 Å². The van der Waals surface area contributed by atoms with Gasteiger partial charge in [0.1, 0.15) is 5.37 Å². The van der Waals surface area contributed by atoms with E-state index in [2.05, 4.69) is 5.32 Å². The summed E-state index contributed by atoms with van der Waals surface area (Å²) in [5.41, 5.74) is 1.09. The molecular weight excluding hydrogens is 194 g/mol. The first-order chi connectivity index (χ1) is 6.81. The Hall–Kier alpha value is -0.960. The quantitative estimate of drug-likeness (QED) is 0.826. The van der Waals surface area contributed by atoms with Crippen LogP contribution in [-0.2, 0) is 4.79 Å². The molecule has 1 unspecified atom stereocenters. The number of Topliss-reactive ketones (excluding diaryl/α,β-unsaturated/α-hetero) is 1. The SMILES string of the molecule is CCCC(=O)C1Nc2ccccc2S1. The van der Waals surface area contributed by atoms with Crippen LogP contribution in [0.3, 0.4) is 0 Å². The molecule has 0 spiro atoms. The highest BCUT2D eigenvalue weighted by atomic mass is 32.2. The van der Waals surface area contributed by atoms with E-state index in [0.29, 0.717) is 12.2 Å². The highest BCUT2D eigenvalue weighted by molar-refractivity contribution is 8.01. The Morgan fingerprint density at radius 3 is 3.00 bits per heavy atom. The van der Waals surface area contributed by atoms with E-state index in [-0.39, 0.29) is 5.37 Å². The zero-order valence-corrected chi connectivity index (χ0v) is 8.93. The van der Waals surface area contributed by atoms with Gasteiger partial charge in [-0.05, 0) is 18.6 Å². The zero-order chi connectivity index (χ0) is 9.97. The summed E-state index contributed by atoms with van der Waals surface area (Å²) in [6.45, 7) is 2.03. The Bertz CT molecular complexity index is 326. The minimum atomic E-state index is -0.0626. The molecule has 74 valence electrons. The summed E-state index contributed by atoms with van der Waals surface area (Å²) in [6.07, 6.45) is 1.59. The van der Waals surface area contributed by atoms with Crippen molar-refractivity contribution in [3.05, 3.63) is 24.3 Å². The fraction of sp³-hybridized carbons (Fsp3) is 0.364. The third-order valence-electron chi connectivity index (χ3n) is 2.21. The molecule has 1 atom stereocenters. The van der Waals surface area contributed by atoms with Crippen molar-refractivity contribution in [2.24, 2.45) is 0 Å². The van der Waals surface area contributed by atoms with Crippen LogP contribution in [0.2, 0.25) is 0 Å². The van der Waals surface area contributed by atoms with E-state index in [1.165, 1.54) is 4.90 Å². The van der Waals surface area contributed by atoms with Crippen LogP contribution in [0.15, 0.2) is 29.2 Å². The number of hydrogen-bond acceptors (Lipinski definition) is 3. The lowest BCUT2D eigenvalue weighted by Gasteiger charge is -2.07. The minimum absolute atomic E-state index is 0.0626. The molecule has 0 aliphatic carbocycles. The molecule has 0 radical (unpaired) electrons. The van der Waals surface area contributed by atoms with Gasteiger partial charge in [0, 0.05) is 17.0 Å². The predicted octanol–water partition coefficient (Wildman–Crippen LogP) is 2.90. The second-order valence-electron chi connectivity index (χ2n) is 3.35. The van der Waals surface area contributed by atoms with Gasteiger partial charge in [0.2, 0.25) is 0 Å². The molecular formula is C11H13NOS. The number of carbonyl (C=O) groups is 1. The smallest absolute Gasteiger partial charge is 0.165 e. The number of ketones is 1. The fourth-order valence-corrected chi connectivity index (χ4v) is 2.61. The summed E-state index contributed by atoms with van der Waals surface area (Å²) < 4.78 is 0. The summed E-state index contributed by atoms with van der Waals surface area (Å²) >= 11 is 1.62. The van der Waals surface area contributed by atoms with Crippen molar-refractivity contribution in [2.75, 3.05) is 5.32 Å². The molecule has 0 amide bonds. The normalized spacial score (nSPS) is 18.8. The van der Waals surface area contributed by atoms with E-state index in [1.54, 1.807) is 11.8 Å². The lowest BCUT2D eigenvalue weighted by molar-refractivity contribution is -0.118. The molecule has 1 N–H and O–H groups in total. The number of anilines is 1. The molecule has 0 aromatic heterocycles. The Balaban J connectivity index is 2.08. The first-order valence-corrected chi connectivity index (χ1v) is 5.74. The number of fused-ring (bicyclic) bond motifs is 1. The van der Waals surface area contributed by atoms with Gasteiger partial charge in [0.15, 0.2) is 5.78 Å². The van der Waals surface area contributed by atoms with Gasteiger partial charge in [0.25, 0.3) is 0 Å². The maximum atomic E-state index is 11.6. The number of thioether (sulfide) groups is 1. The molecule has 14 heavy (non-hydrogen) atoms. The Kier molecular flexibility index (Phi) is 2.77. The second kappa shape index (κ2) is 4.05. The Morgan fingerprint density at radius 2 is 2.29 bits per heavy atom. The van der Waals surface area contributed by atoms with Crippen LogP contribution in [0, 0.1) is 0 Å². The van der Waals surface area contributed by atoms with Crippen LogP contribution >= 0.6 is 11.8 Å². The maximum absolute atomic E-state index is 11.6. The molecule has 1 aliphatic heterocycles. The van der Waals surface area contributed by atoms with E-state index in [9.17, 15) is 4.79 Å². The second-order valence-corrected chi connectivity index (χ2v) is 4.50. The fourth-order valence-electron chi connectivity index (χ4n) is 1.51. The van der Waals surface area contributed by atoms with Gasteiger partial charge < -0.3 is 5.32 Å². The number of nitrogens with one attached hydrogen (secondary N) is 1. The zero-order valence-electron chi connectivity index (χ0n) is 8.12. The van der Waals surface area contributed by atoms with Gasteiger partial charge in [-0.25, -0.2) is 0 Å². The molecule has 2 nitrogen and oxygen atoms in total. The van der Waals surface area contributed by atoms with Gasteiger partial charge >= 0.3 is 0 Å². The lowest BCUT2D eigenvalue weighted by Crippen LogP contribution is -2.21. The van der Waals surface area contributed by atoms with Crippen molar-refractivity contribution in [2.45, 2.75) is 30.0 Å². The number of para-hydroxylation sites is 1. The Labute approximate surface area is 88.1 Å². The minimum Gasteiger partial charge on any atom is -0.366 e. The lowest BCUT2D eigenvalue weighted by atomic mass is 10.2. The molecule has 1 heterocycles. The summed E-state index contributed by atoms with van der Waals surface area (Å²) in [5, 5.41) is 3.17. The molecule has 1 aromatic rings. The van der Waals surface area contributed by atoms with Gasteiger partial charge in [-0.1, -0.05) is 30.8 Å². The van der Waals surface area contributed by atoms with Gasteiger partial charge in [-0.2, -0.15) is 0 Å². The molecule has 0 bridgehead atoms. The van der Waals surface area contributed by atoms with Crippen molar-refractivity contribution in [1.29, 1.82) is 0 Å². The van der Waals surface area contributed by atoms with Crippen molar-refractivity contribution in [3.8, 4) is 0 Å². The topological polar surface area (TPSA) is 29.1 Å². The van der Waals surface area contributed by atoms with E-state index in [4.69, 9.17) is 0 Å². The number of carbonyl (C=O) groups excluding carboxylic acids is 1. The van der Waals surface area contributed by atoms with Crippen molar-refractivity contribution in [3.63, 3.8) is 0 Å². The Morgan fingerprint density at radius 1 is 1.50 bits per heavy atom. The predicted molar refractivity (Wildman–Crippen MR) is 59.6 cm³/mol. The highest BCUT2D eigenvalue weighted by Gasteiger charge is 2.25. The van der Waals surface area contributed by atoms with Crippen LogP contribution in [0.4, 0.5) is 5.69 Å². The number of rotatable bonds is 3. The standard InChI is InChI=1S/C11H13NOS/c1-2-5-9(13)11-12-8-6-3-4-7-10(8)14-11/h3-4,6-7,11-12H,2,5H2,1H3. The first-order valence-electron chi connectivity index (χ1n) is 4.86. The monoisotopic (exact) mass is 207 g/mol. The van der Waals surface area contributed by atoms with Crippen LogP contribution < -0.4 is 5.32 Å². The largest absolute Gasteiger partial charge is 0.366 e. The molecule has 0 saturated heterocycles. The van der Waals surface area contributed by atoms with Crippen LogP contribution in [0.5, 0.6) is 0 Å². The van der Waals surface area contributed by atoms with Gasteiger partial charge in [-0.15, -0.1) is 0 Å². The van der Waals surface area contributed by atoms with Crippen LogP contribution in [0.1, 0.15) is 19.8 Å². The average Bonchev–Trinajstić information content (AvgIpc) is 2.61. The molecule has 2 rings (SSSR count). The van der Waals surface area contributed by atoms with Gasteiger partial charge in [0.05, 0.1) is 0 Å². The third-order valence-corrected chi connectivity index (χ3v) is 3.43. The summed E-state index contributed by atoms with van der Waals surface area (Å²) in [7, 11) is 0. The van der Waals surface area contributed by atoms with E-state index in [1.807, 2.05) is 31.2 Å². The van der Waals surface area contributed by atoms with Crippen molar-refractivity contribution in [1.82, 2.24) is 0 Å². The third kappa shape index (κ3) is 1.77. The van der Waals surface area contributed by atoms with Gasteiger partial charge in [-0.3, -0.25) is 4.79 Å². The van der Waals surface area contributed by atoms with Crippen molar-refractivity contribution >= 4 is 23.2 Å². The molecule has 0 saturated carbocycles. The average molecular weight is 207 g/mol. The molecule has 0 fully saturated rings. The first kappa shape index (κ1) is 9.59. The highest BCUT2D eigenvalue weighted by Crippen LogP contribution is 2.38. The maximum Gasteiger partial charge on any atom is 0.165 e. The van der Waals surface area contributed by atoms with Crippen LogP contribution in [0.25, 0.3) is 0 Å². The number of benzene rings is 1.